The average Bonchev–Trinajstić information content (AvgIpc) is 3.93. The predicted molar refractivity (Wildman–Crippen MR) is 259 cm³/mol. The van der Waals surface area contributed by atoms with Gasteiger partial charge in [0.1, 0.15) is 0 Å². The average molecular weight is 785 g/mol. The minimum absolute atomic E-state index is 0.162. The minimum atomic E-state index is -0.162. The fourth-order valence-electron chi connectivity index (χ4n) is 10.5. The molecule has 12 aromatic rings. The largest absolute Gasteiger partial charge is 0.135 e. The van der Waals surface area contributed by atoms with Crippen molar-refractivity contribution in [1.29, 1.82) is 0 Å². The van der Waals surface area contributed by atoms with E-state index in [0.717, 1.165) is 0 Å². The van der Waals surface area contributed by atoms with Gasteiger partial charge in [0.15, 0.2) is 0 Å². The van der Waals surface area contributed by atoms with Gasteiger partial charge in [0.25, 0.3) is 0 Å². The highest BCUT2D eigenvalue weighted by molar-refractivity contribution is 7.27. The molecule has 0 saturated carbocycles. The van der Waals surface area contributed by atoms with Gasteiger partial charge in [-0.25, -0.2) is 0 Å². The first-order valence-corrected chi connectivity index (χ1v) is 22.1. The Hall–Kier alpha value is -6.58. The van der Waals surface area contributed by atoms with Crippen molar-refractivity contribution in [3.63, 3.8) is 0 Å². The summed E-state index contributed by atoms with van der Waals surface area (Å²) in [5, 5.41) is 13.3. The molecule has 0 saturated heterocycles. The third-order valence-electron chi connectivity index (χ3n) is 13.3. The van der Waals surface area contributed by atoms with E-state index < -0.39 is 0 Å². The van der Waals surface area contributed by atoms with Crippen LogP contribution in [0.1, 0.15) is 25.0 Å². The Labute approximate surface area is 350 Å². The van der Waals surface area contributed by atoms with E-state index in [4.69, 9.17) is 0 Å². The molecule has 0 nitrogen and oxygen atoms in total. The summed E-state index contributed by atoms with van der Waals surface area (Å²) in [6.07, 6.45) is 0. The van der Waals surface area contributed by atoms with E-state index in [1.807, 2.05) is 22.7 Å². The van der Waals surface area contributed by atoms with Crippen molar-refractivity contribution in [3.05, 3.63) is 193 Å². The van der Waals surface area contributed by atoms with Crippen LogP contribution in [0.15, 0.2) is 182 Å². The zero-order chi connectivity index (χ0) is 39.0. The van der Waals surface area contributed by atoms with Crippen LogP contribution in [0.2, 0.25) is 0 Å². The van der Waals surface area contributed by atoms with Crippen LogP contribution in [-0.2, 0) is 5.41 Å². The van der Waals surface area contributed by atoms with Crippen molar-refractivity contribution < 1.29 is 0 Å². The van der Waals surface area contributed by atoms with Gasteiger partial charge < -0.3 is 0 Å². The van der Waals surface area contributed by atoms with Crippen molar-refractivity contribution in [2.45, 2.75) is 19.3 Å². The fraction of sp³-hybridized carbons (Fsp3) is 0.0526. The van der Waals surface area contributed by atoms with E-state index >= 15 is 0 Å². The predicted octanol–water partition coefficient (Wildman–Crippen LogP) is 17.2. The van der Waals surface area contributed by atoms with Crippen LogP contribution in [0, 0.1) is 0 Å². The van der Waals surface area contributed by atoms with Gasteiger partial charge in [-0.2, -0.15) is 0 Å². The SMILES string of the molecule is CC1(C)c2cc(-c3ccc4c(c3)sc3ccc5c(ccc6c7ccccc7sc65)c34)ccc2-c2ccc(-c3c4ccccc4c(-c4ccccc4)c4ccccc34)cc21. The maximum Gasteiger partial charge on any atom is 0.0434 e. The first-order valence-electron chi connectivity index (χ1n) is 20.5. The fourth-order valence-corrected chi connectivity index (χ4v) is 12.9. The highest BCUT2D eigenvalue weighted by Gasteiger charge is 2.36. The van der Waals surface area contributed by atoms with Crippen molar-refractivity contribution in [2.75, 3.05) is 0 Å². The quantitative estimate of drug-likeness (QED) is 0.157. The van der Waals surface area contributed by atoms with E-state index in [0.29, 0.717) is 0 Å². The number of hydrogen-bond acceptors (Lipinski definition) is 2. The van der Waals surface area contributed by atoms with E-state index in [1.165, 1.54) is 128 Å². The first kappa shape index (κ1) is 33.4. The molecule has 0 amide bonds. The van der Waals surface area contributed by atoms with E-state index in [1.54, 1.807) is 0 Å². The molecule has 0 aliphatic heterocycles. The second-order valence-corrected chi connectivity index (χ2v) is 18.9. The Morgan fingerprint density at radius 2 is 0.831 bits per heavy atom. The Balaban J connectivity index is 0.920. The van der Waals surface area contributed by atoms with Crippen LogP contribution in [0.5, 0.6) is 0 Å². The van der Waals surface area contributed by atoms with Crippen molar-refractivity contribution in [3.8, 4) is 44.5 Å². The minimum Gasteiger partial charge on any atom is -0.135 e. The molecule has 1 aliphatic carbocycles. The number of fused-ring (bicyclic) bond motifs is 14. The van der Waals surface area contributed by atoms with Gasteiger partial charge in [-0.05, 0) is 113 Å². The monoisotopic (exact) mass is 784 g/mol. The molecule has 0 spiro atoms. The maximum absolute atomic E-state index is 2.49. The summed E-state index contributed by atoms with van der Waals surface area (Å²) in [7, 11) is 0. The zero-order valence-corrected chi connectivity index (χ0v) is 34.3. The van der Waals surface area contributed by atoms with E-state index in [-0.39, 0.29) is 5.41 Å². The Kier molecular flexibility index (Phi) is 6.92. The molecule has 2 aromatic heterocycles. The molecule has 0 radical (unpaired) electrons. The Morgan fingerprint density at radius 3 is 1.54 bits per heavy atom. The summed E-state index contributed by atoms with van der Waals surface area (Å²) in [6, 6.07) is 68.5. The second-order valence-electron chi connectivity index (χ2n) is 16.7. The highest BCUT2D eigenvalue weighted by Crippen LogP contribution is 2.53. The molecular formula is C57H36S2. The maximum atomic E-state index is 2.49. The molecule has 2 heteroatoms. The van der Waals surface area contributed by atoms with Crippen LogP contribution in [0.4, 0.5) is 0 Å². The lowest BCUT2D eigenvalue weighted by Crippen LogP contribution is -2.15. The first-order chi connectivity index (χ1) is 29.0. The molecule has 13 rings (SSSR count). The van der Waals surface area contributed by atoms with Crippen molar-refractivity contribution >= 4 is 95.3 Å². The van der Waals surface area contributed by atoms with Gasteiger partial charge in [0.2, 0.25) is 0 Å². The summed E-state index contributed by atoms with van der Waals surface area (Å²) in [5.74, 6) is 0. The summed E-state index contributed by atoms with van der Waals surface area (Å²) >= 11 is 3.83. The Morgan fingerprint density at radius 1 is 0.322 bits per heavy atom. The number of benzene rings is 10. The summed E-state index contributed by atoms with van der Waals surface area (Å²) in [6.45, 7) is 4.82. The molecule has 59 heavy (non-hydrogen) atoms. The molecule has 0 N–H and O–H groups in total. The van der Waals surface area contributed by atoms with Gasteiger partial charge in [-0.3, -0.25) is 0 Å². The number of thiophene rings is 2. The summed E-state index contributed by atoms with van der Waals surface area (Å²) < 4.78 is 5.43. The molecule has 276 valence electrons. The van der Waals surface area contributed by atoms with Crippen LogP contribution < -0.4 is 0 Å². The number of rotatable bonds is 3. The van der Waals surface area contributed by atoms with Gasteiger partial charge >= 0.3 is 0 Å². The standard InChI is InChI=1S/C57H36S2/c1-57(2)48-30-34(35-21-25-47-52(32-35)58-51-29-28-46-44(55(47)51)26-27-45-39-14-10-11-19-50(39)59-56(45)46)20-23-37(48)38-24-22-36(31-49(38)57)54-42-17-8-6-15-40(42)53(33-12-4-3-5-13-33)41-16-7-9-18-43(41)54/h3-32H,1-2H3. The third kappa shape index (κ3) is 4.70. The van der Waals surface area contributed by atoms with Gasteiger partial charge in [-0.15, -0.1) is 22.7 Å². The third-order valence-corrected chi connectivity index (χ3v) is 15.6. The molecule has 0 unspecified atom stereocenters. The Bertz CT molecular complexity index is 3690. The lowest BCUT2D eigenvalue weighted by Gasteiger charge is -2.23. The lowest BCUT2D eigenvalue weighted by atomic mass is 9.80. The molecule has 0 fully saturated rings. The van der Waals surface area contributed by atoms with Crippen LogP contribution in [0.3, 0.4) is 0 Å². The number of hydrogen-bond donors (Lipinski definition) is 0. The van der Waals surface area contributed by atoms with E-state index in [9.17, 15) is 0 Å². The lowest BCUT2D eigenvalue weighted by molar-refractivity contribution is 0.661. The van der Waals surface area contributed by atoms with E-state index in [2.05, 4.69) is 196 Å². The molecule has 0 bridgehead atoms. The highest BCUT2D eigenvalue weighted by atomic mass is 32.1. The van der Waals surface area contributed by atoms with Crippen LogP contribution >= 0.6 is 22.7 Å². The van der Waals surface area contributed by atoms with Crippen molar-refractivity contribution in [1.82, 2.24) is 0 Å². The molecule has 10 aromatic carbocycles. The topological polar surface area (TPSA) is 0 Å². The van der Waals surface area contributed by atoms with Gasteiger partial charge in [0, 0.05) is 51.1 Å². The second kappa shape index (κ2) is 12.2. The molecule has 2 heterocycles. The molecule has 1 aliphatic rings. The summed E-state index contributed by atoms with van der Waals surface area (Å²) in [5.41, 5.74) is 13.0. The molecule has 0 atom stereocenters. The molecular weight excluding hydrogens is 749 g/mol. The smallest absolute Gasteiger partial charge is 0.0434 e. The van der Waals surface area contributed by atoms with Crippen LogP contribution in [0.25, 0.3) is 117 Å². The van der Waals surface area contributed by atoms with Gasteiger partial charge in [0.05, 0.1) is 0 Å². The summed E-state index contributed by atoms with van der Waals surface area (Å²) in [4.78, 5) is 0. The zero-order valence-electron chi connectivity index (χ0n) is 32.6. The normalized spacial score (nSPS) is 13.4. The van der Waals surface area contributed by atoms with Crippen LogP contribution in [-0.4, -0.2) is 0 Å². The van der Waals surface area contributed by atoms with Gasteiger partial charge in [-0.1, -0.05) is 166 Å². The van der Waals surface area contributed by atoms with Crippen molar-refractivity contribution in [2.24, 2.45) is 0 Å².